The summed E-state index contributed by atoms with van der Waals surface area (Å²) in [5, 5.41) is 3.86. The summed E-state index contributed by atoms with van der Waals surface area (Å²) >= 11 is 0. The number of pyridine rings is 1. The van der Waals surface area contributed by atoms with Gasteiger partial charge in [0.15, 0.2) is 0 Å². The summed E-state index contributed by atoms with van der Waals surface area (Å²) in [5.74, 6) is 1.62. The van der Waals surface area contributed by atoms with Crippen molar-refractivity contribution in [3.63, 3.8) is 0 Å². The molecule has 0 aromatic carbocycles. The van der Waals surface area contributed by atoms with E-state index in [1.54, 1.807) is 6.26 Å². The Hall–Kier alpha value is -1.65. The maximum absolute atomic E-state index is 5.45. The van der Waals surface area contributed by atoms with Gasteiger partial charge in [-0.15, -0.1) is 0 Å². The van der Waals surface area contributed by atoms with Gasteiger partial charge in [0, 0.05) is 37.6 Å². The Morgan fingerprint density at radius 1 is 1.26 bits per heavy atom. The fraction of sp³-hybridized carbons (Fsp3) is 0.526. The van der Waals surface area contributed by atoms with Gasteiger partial charge in [-0.2, -0.15) is 0 Å². The Morgan fingerprint density at radius 3 is 2.70 bits per heavy atom. The minimum atomic E-state index is 0.380. The molecule has 0 amide bonds. The van der Waals surface area contributed by atoms with Crippen molar-refractivity contribution in [2.75, 3.05) is 13.1 Å². The number of rotatable bonds is 6. The largest absolute Gasteiger partial charge is 0.468 e. The summed E-state index contributed by atoms with van der Waals surface area (Å²) in [6, 6.07) is 9.18. The van der Waals surface area contributed by atoms with Crippen molar-refractivity contribution in [2.45, 2.75) is 45.3 Å². The minimum Gasteiger partial charge on any atom is -0.468 e. The van der Waals surface area contributed by atoms with Crippen LogP contribution in [0.4, 0.5) is 0 Å². The third-order valence-electron chi connectivity index (χ3n) is 4.67. The van der Waals surface area contributed by atoms with Gasteiger partial charge in [0.05, 0.1) is 12.8 Å². The maximum Gasteiger partial charge on any atom is 0.117 e. The van der Waals surface area contributed by atoms with Crippen LogP contribution in [-0.2, 0) is 6.54 Å². The van der Waals surface area contributed by atoms with E-state index in [0.717, 1.165) is 25.4 Å². The highest BCUT2D eigenvalue weighted by molar-refractivity contribution is 5.15. The number of nitrogens with one attached hydrogen (secondary N) is 1. The van der Waals surface area contributed by atoms with Crippen LogP contribution in [0.5, 0.6) is 0 Å². The zero-order valence-corrected chi connectivity index (χ0v) is 14.1. The Morgan fingerprint density at radius 2 is 2.09 bits per heavy atom. The molecule has 0 spiro atoms. The van der Waals surface area contributed by atoms with Crippen LogP contribution >= 0.6 is 0 Å². The van der Waals surface area contributed by atoms with Crippen molar-refractivity contribution in [3.05, 3.63) is 54.2 Å². The first kappa shape index (κ1) is 16.2. The molecule has 2 aromatic rings. The molecule has 1 aliphatic rings. The Kier molecular flexibility index (Phi) is 5.47. The SMILES string of the molecule is CC(C)C(NC1CCN(Cc2ccco2)CC1)c1cccnc1. The van der Waals surface area contributed by atoms with E-state index in [0.29, 0.717) is 18.0 Å². The van der Waals surface area contributed by atoms with Crippen molar-refractivity contribution in [1.29, 1.82) is 0 Å². The molecule has 4 heteroatoms. The lowest BCUT2D eigenvalue weighted by Crippen LogP contribution is -2.44. The van der Waals surface area contributed by atoms with Crippen LogP contribution in [-0.4, -0.2) is 29.0 Å². The molecule has 0 bridgehead atoms. The number of likely N-dealkylation sites (tertiary alicyclic amines) is 1. The molecule has 1 atom stereocenters. The molecule has 0 radical (unpaired) electrons. The maximum atomic E-state index is 5.45. The second kappa shape index (κ2) is 7.75. The van der Waals surface area contributed by atoms with E-state index < -0.39 is 0 Å². The standard InChI is InChI=1S/C19H27N3O/c1-15(2)19(16-5-3-9-20-13-16)21-17-7-10-22(11-8-17)14-18-6-4-12-23-18/h3-6,9,12-13,15,17,19,21H,7-8,10-11,14H2,1-2H3. The number of furan rings is 1. The van der Waals surface area contributed by atoms with Crippen molar-refractivity contribution in [1.82, 2.24) is 15.2 Å². The quantitative estimate of drug-likeness (QED) is 0.884. The van der Waals surface area contributed by atoms with E-state index in [1.807, 2.05) is 24.5 Å². The molecule has 23 heavy (non-hydrogen) atoms. The normalized spacial score (nSPS) is 18.4. The molecule has 1 unspecified atom stereocenters. The number of hydrogen-bond donors (Lipinski definition) is 1. The monoisotopic (exact) mass is 313 g/mol. The molecule has 3 heterocycles. The summed E-state index contributed by atoms with van der Waals surface area (Å²) in [6.45, 7) is 7.72. The van der Waals surface area contributed by atoms with Gasteiger partial charge in [-0.25, -0.2) is 0 Å². The molecular formula is C19H27N3O. The Balaban J connectivity index is 1.52. The predicted molar refractivity (Wildman–Crippen MR) is 92.0 cm³/mol. The molecule has 1 aliphatic heterocycles. The second-order valence-electron chi connectivity index (χ2n) is 6.80. The Labute approximate surface area is 138 Å². The first-order chi connectivity index (χ1) is 11.2. The van der Waals surface area contributed by atoms with Crippen LogP contribution in [0.1, 0.15) is 44.1 Å². The van der Waals surface area contributed by atoms with E-state index in [2.05, 4.69) is 41.2 Å². The lowest BCUT2D eigenvalue weighted by molar-refractivity contribution is 0.168. The first-order valence-electron chi connectivity index (χ1n) is 8.63. The molecule has 124 valence electrons. The van der Waals surface area contributed by atoms with E-state index in [-0.39, 0.29) is 0 Å². The van der Waals surface area contributed by atoms with Gasteiger partial charge < -0.3 is 9.73 Å². The highest BCUT2D eigenvalue weighted by Gasteiger charge is 2.24. The molecule has 1 fully saturated rings. The molecule has 2 aromatic heterocycles. The van der Waals surface area contributed by atoms with Gasteiger partial charge in [-0.05, 0) is 42.5 Å². The highest BCUT2D eigenvalue weighted by Crippen LogP contribution is 2.24. The third kappa shape index (κ3) is 4.43. The van der Waals surface area contributed by atoms with Crippen LogP contribution in [0.3, 0.4) is 0 Å². The fourth-order valence-electron chi connectivity index (χ4n) is 3.37. The van der Waals surface area contributed by atoms with E-state index >= 15 is 0 Å². The van der Waals surface area contributed by atoms with Crippen molar-refractivity contribution in [2.24, 2.45) is 5.92 Å². The Bertz CT molecular complexity index is 560. The summed E-state index contributed by atoms with van der Waals surface area (Å²) < 4.78 is 5.45. The molecule has 1 N–H and O–H groups in total. The zero-order valence-electron chi connectivity index (χ0n) is 14.1. The van der Waals surface area contributed by atoms with Crippen LogP contribution in [0.2, 0.25) is 0 Å². The molecule has 4 nitrogen and oxygen atoms in total. The molecular weight excluding hydrogens is 286 g/mol. The van der Waals surface area contributed by atoms with Gasteiger partial charge in [-0.3, -0.25) is 9.88 Å². The number of piperidine rings is 1. The summed E-state index contributed by atoms with van der Waals surface area (Å²) in [5.41, 5.74) is 1.29. The van der Waals surface area contributed by atoms with Crippen LogP contribution < -0.4 is 5.32 Å². The number of hydrogen-bond acceptors (Lipinski definition) is 4. The lowest BCUT2D eigenvalue weighted by Gasteiger charge is -2.35. The van der Waals surface area contributed by atoms with Gasteiger partial charge in [0.25, 0.3) is 0 Å². The average Bonchev–Trinajstić information content (AvgIpc) is 3.07. The van der Waals surface area contributed by atoms with Crippen LogP contribution in [0.25, 0.3) is 0 Å². The molecule has 3 rings (SSSR count). The number of aromatic nitrogens is 1. The van der Waals surface area contributed by atoms with Gasteiger partial charge in [0.1, 0.15) is 5.76 Å². The first-order valence-corrected chi connectivity index (χ1v) is 8.63. The van der Waals surface area contributed by atoms with E-state index in [1.165, 1.54) is 18.4 Å². The minimum absolute atomic E-state index is 0.380. The predicted octanol–water partition coefficient (Wildman–Crippen LogP) is 3.63. The molecule has 0 aliphatic carbocycles. The second-order valence-corrected chi connectivity index (χ2v) is 6.80. The zero-order chi connectivity index (χ0) is 16.1. The summed E-state index contributed by atoms with van der Waals surface area (Å²) in [6.07, 6.45) is 7.96. The summed E-state index contributed by atoms with van der Waals surface area (Å²) in [4.78, 5) is 6.75. The van der Waals surface area contributed by atoms with Gasteiger partial charge in [0.2, 0.25) is 0 Å². The molecule has 0 saturated carbocycles. The smallest absolute Gasteiger partial charge is 0.117 e. The third-order valence-corrected chi connectivity index (χ3v) is 4.67. The number of nitrogens with zero attached hydrogens (tertiary/aromatic N) is 2. The van der Waals surface area contributed by atoms with Crippen LogP contribution in [0.15, 0.2) is 47.3 Å². The van der Waals surface area contributed by atoms with E-state index in [9.17, 15) is 0 Å². The van der Waals surface area contributed by atoms with Crippen LogP contribution in [0, 0.1) is 5.92 Å². The van der Waals surface area contributed by atoms with Crippen molar-refractivity contribution in [3.8, 4) is 0 Å². The van der Waals surface area contributed by atoms with Gasteiger partial charge >= 0.3 is 0 Å². The topological polar surface area (TPSA) is 41.3 Å². The highest BCUT2D eigenvalue weighted by atomic mass is 16.3. The summed E-state index contributed by atoms with van der Waals surface area (Å²) in [7, 11) is 0. The van der Waals surface area contributed by atoms with E-state index in [4.69, 9.17) is 4.42 Å². The van der Waals surface area contributed by atoms with Crippen molar-refractivity contribution < 1.29 is 4.42 Å². The van der Waals surface area contributed by atoms with Crippen molar-refractivity contribution >= 4 is 0 Å². The lowest BCUT2D eigenvalue weighted by atomic mass is 9.94. The fourth-order valence-corrected chi connectivity index (χ4v) is 3.37. The molecule has 1 saturated heterocycles. The average molecular weight is 313 g/mol. The van der Waals surface area contributed by atoms with Gasteiger partial charge in [-0.1, -0.05) is 19.9 Å².